The molecule has 1 N–H and O–H groups in total. The lowest BCUT2D eigenvalue weighted by Gasteiger charge is -2.13. The van der Waals surface area contributed by atoms with Crippen LogP contribution in [0.15, 0.2) is 71.6 Å². The van der Waals surface area contributed by atoms with Crippen molar-refractivity contribution in [2.45, 2.75) is 24.0 Å². The Labute approximate surface area is 151 Å². The minimum absolute atomic E-state index is 0.0121. The molecule has 0 radical (unpaired) electrons. The SMILES string of the molecule is CC(=O)c1ccc(NC(=O)[C@H](C)Sc2ccc3ccccc3c2)cc1. The minimum Gasteiger partial charge on any atom is -0.325 e. The average Bonchev–Trinajstić information content (AvgIpc) is 2.62. The fourth-order valence-corrected chi connectivity index (χ4v) is 3.45. The molecular weight excluding hydrogens is 330 g/mol. The number of anilines is 1. The molecule has 25 heavy (non-hydrogen) atoms. The first-order valence-corrected chi connectivity index (χ1v) is 8.98. The molecule has 1 atom stereocenters. The quantitative estimate of drug-likeness (QED) is 0.511. The Morgan fingerprint density at radius 3 is 2.28 bits per heavy atom. The number of hydrogen-bond acceptors (Lipinski definition) is 3. The fourth-order valence-electron chi connectivity index (χ4n) is 2.53. The molecule has 0 aliphatic carbocycles. The number of hydrogen-bond donors (Lipinski definition) is 1. The van der Waals surface area contributed by atoms with Crippen LogP contribution in [0.4, 0.5) is 5.69 Å². The lowest BCUT2D eigenvalue weighted by molar-refractivity contribution is -0.115. The van der Waals surface area contributed by atoms with Crippen molar-refractivity contribution >= 4 is 39.9 Å². The zero-order chi connectivity index (χ0) is 17.8. The van der Waals surface area contributed by atoms with Crippen LogP contribution in [-0.2, 0) is 4.79 Å². The van der Waals surface area contributed by atoms with Crippen LogP contribution in [-0.4, -0.2) is 16.9 Å². The lowest BCUT2D eigenvalue weighted by Crippen LogP contribution is -2.22. The van der Waals surface area contributed by atoms with E-state index in [0.717, 1.165) is 4.90 Å². The standard InChI is InChI=1S/C21H19NO2S/c1-14(23)16-7-10-19(11-8-16)22-21(24)15(2)25-20-12-9-17-5-3-4-6-18(17)13-20/h3-13,15H,1-2H3,(H,22,24)/t15-/m0/s1. The summed E-state index contributed by atoms with van der Waals surface area (Å²) in [4.78, 5) is 24.8. The third kappa shape index (κ3) is 4.28. The van der Waals surface area contributed by atoms with Gasteiger partial charge in [0.1, 0.15) is 0 Å². The molecule has 126 valence electrons. The number of rotatable bonds is 5. The van der Waals surface area contributed by atoms with Crippen molar-refractivity contribution in [1.29, 1.82) is 0 Å². The van der Waals surface area contributed by atoms with Crippen LogP contribution in [0.5, 0.6) is 0 Å². The summed E-state index contributed by atoms with van der Waals surface area (Å²) in [7, 11) is 0. The van der Waals surface area contributed by atoms with Crippen molar-refractivity contribution in [1.82, 2.24) is 0 Å². The van der Waals surface area contributed by atoms with Gasteiger partial charge >= 0.3 is 0 Å². The van der Waals surface area contributed by atoms with Gasteiger partial charge in [0.15, 0.2) is 5.78 Å². The van der Waals surface area contributed by atoms with Gasteiger partial charge in [-0.25, -0.2) is 0 Å². The van der Waals surface area contributed by atoms with E-state index >= 15 is 0 Å². The highest BCUT2D eigenvalue weighted by Gasteiger charge is 2.15. The van der Waals surface area contributed by atoms with E-state index in [-0.39, 0.29) is 16.9 Å². The van der Waals surface area contributed by atoms with Gasteiger partial charge in [0.05, 0.1) is 5.25 Å². The van der Waals surface area contributed by atoms with Crippen LogP contribution in [0.3, 0.4) is 0 Å². The predicted octanol–water partition coefficient (Wildman–Crippen LogP) is 5.16. The summed E-state index contributed by atoms with van der Waals surface area (Å²) < 4.78 is 0. The molecule has 4 heteroatoms. The summed E-state index contributed by atoms with van der Waals surface area (Å²) in [6.45, 7) is 3.41. The third-order valence-corrected chi connectivity index (χ3v) is 5.06. The molecule has 3 aromatic rings. The van der Waals surface area contributed by atoms with E-state index in [0.29, 0.717) is 11.3 Å². The van der Waals surface area contributed by atoms with Crippen molar-refractivity contribution < 1.29 is 9.59 Å². The van der Waals surface area contributed by atoms with Gasteiger partial charge in [-0.3, -0.25) is 9.59 Å². The van der Waals surface area contributed by atoms with Gasteiger partial charge in [0.25, 0.3) is 0 Å². The second-order valence-electron chi connectivity index (χ2n) is 5.89. The monoisotopic (exact) mass is 349 g/mol. The van der Waals surface area contributed by atoms with Gasteiger partial charge in [-0.05, 0) is 61.0 Å². The molecule has 0 aliphatic rings. The molecule has 0 saturated heterocycles. The Morgan fingerprint density at radius 2 is 1.60 bits per heavy atom. The molecule has 3 nitrogen and oxygen atoms in total. The molecule has 0 heterocycles. The molecular formula is C21H19NO2S. The van der Waals surface area contributed by atoms with Crippen LogP contribution in [0.2, 0.25) is 0 Å². The molecule has 1 amide bonds. The first-order valence-electron chi connectivity index (χ1n) is 8.10. The van der Waals surface area contributed by atoms with Crippen molar-refractivity contribution in [2.24, 2.45) is 0 Å². The van der Waals surface area contributed by atoms with Crippen molar-refractivity contribution in [3.8, 4) is 0 Å². The number of carbonyl (C=O) groups excluding carboxylic acids is 2. The van der Waals surface area contributed by atoms with Crippen LogP contribution in [0.1, 0.15) is 24.2 Å². The highest BCUT2D eigenvalue weighted by molar-refractivity contribution is 8.00. The molecule has 0 aromatic heterocycles. The molecule has 0 fully saturated rings. The maximum absolute atomic E-state index is 12.4. The van der Waals surface area contributed by atoms with E-state index in [1.165, 1.54) is 29.5 Å². The molecule has 0 bridgehead atoms. The Kier molecular flexibility index (Phi) is 5.19. The van der Waals surface area contributed by atoms with E-state index in [2.05, 4.69) is 29.6 Å². The predicted molar refractivity (Wildman–Crippen MR) is 104 cm³/mol. The van der Waals surface area contributed by atoms with Gasteiger partial charge in [-0.1, -0.05) is 30.3 Å². The van der Waals surface area contributed by atoms with E-state index in [9.17, 15) is 9.59 Å². The highest BCUT2D eigenvalue weighted by Crippen LogP contribution is 2.27. The van der Waals surface area contributed by atoms with Crippen molar-refractivity contribution in [3.63, 3.8) is 0 Å². The van der Waals surface area contributed by atoms with Gasteiger partial charge in [0, 0.05) is 16.1 Å². The minimum atomic E-state index is -0.228. The van der Waals surface area contributed by atoms with Crippen molar-refractivity contribution in [3.05, 3.63) is 72.3 Å². The number of amides is 1. The van der Waals surface area contributed by atoms with E-state index in [1.54, 1.807) is 24.3 Å². The first-order chi connectivity index (χ1) is 12.0. The summed E-state index contributed by atoms with van der Waals surface area (Å²) >= 11 is 1.53. The molecule has 3 aromatic carbocycles. The van der Waals surface area contributed by atoms with E-state index in [4.69, 9.17) is 0 Å². The largest absolute Gasteiger partial charge is 0.325 e. The Bertz CT molecular complexity index is 919. The number of benzene rings is 3. The number of fused-ring (bicyclic) bond motifs is 1. The van der Waals surface area contributed by atoms with Gasteiger partial charge in [0.2, 0.25) is 5.91 Å². The smallest absolute Gasteiger partial charge is 0.237 e. The Hall–Kier alpha value is -2.59. The maximum atomic E-state index is 12.4. The van der Waals surface area contributed by atoms with Crippen molar-refractivity contribution in [2.75, 3.05) is 5.32 Å². The highest BCUT2D eigenvalue weighted by atomic mass is 32.2. The number of carbonyl (C=O) groups is 2. The van der Waals surface area contributed by atoms with Gasteiger partial charge in [-0.15, -0.1) is 11.8 Å². The van der Waals surface area contributed by atoms with Gasteiger partial charge < -0.3 is 5.32 Å². The van der Waals surface area contributed by atoms with E-state index < -0.39 is 0 Å². The summed E-state index contributed by atoms with van der Waals surface area (Å²) in [6, 6.07) is 21.3. The van der Waals surface area contributed by atoms with Crippen LogP contribution in [0.25, 0.3) is 10.8 Å². The molecule has 0 saturated carbocycles. The van der Waals surface area contributed by atoms with Crippen LogP contribution < -0.4 is 5.32 Å². The third-order valence-electron chi connectivity index (χ3n) is 3.96. The zero-order valence-electron chi connectivity index (χ0n) is 14.2. The molecule has 0 aliphatic heterocycles. The second kappa shape index (κ2) is 7.53. The fraction of sp³-hybridized carbons (Fsp3) is 0.143. The Morgan fingerprint density at radius 1 is 0.920 bits per heavy atom. The Balaban J connectivity index is 1.66. The topological polar surface area (TPSA) is 46.2 Å². The van der Waals surface area contributed by atoms with Crippen LogP contribution in [0, 0.1) is 0 Å². The lowest BCUT2D eigenvalue weighted by atomic mass is 10.1. The summed E-state index contributed by atoms with van der Waals surface area (Å²) in [6.07, 6.45) is 0. The summed E-state index contributed by atoms with van der Waals surface area (Å²) in [5, 5.41) is 5.02. The van der Waals surface area contributed by atoms with Crippen LogP contribution >= 0.6 is 11.8 Å². The second-order valence-corrected chi connectivity index (χ2v) is 7.31. The molecule has 0 spiro atoms. The first kappa shape index (κ1) is 17.2. The molecule has 3 rings (SSSR count). The number of thioether (sulfide) groups is 1. The number of Topliss-reactive ketones (excluding diaryl/α,β-unsaturated/α-hetero) is 1. The summed E-state index contributed by atoms with van der Waals surface area (Å²) in [5.41, 5.74) is 1.33. The normalized spacial score (nSPS) is 11.9. The van der Waals surface area contributed by atoms with Gasteiger partial charge in [-0.2, -0.15) is 0 Å². The van der Waals surface area contributed by atoms with E-state index in [1.807, 2.05) is 25.1 Å². The molecule has 0 unspecified atom stereocenters. The summed E-state index contributed by atoms with van der Waals surface area (Å²) in [5.74, 6) is -0.0492. The zero-order valence-corrected chi connectivity index (χ0v) is 15.0. The number of ketones is 1. The number of nitrogens with one attached hydrogen (secondary N) is 1. The average molecular weight is 349 g/mol. The maximum Gasteiger partial charge on any atom is 0.237 e.